The van der Waals surface area contributed by atoms with Crippen molar-refractivity contribution in [2.24, 2.45) is 0 Å². The monoisotopic (exact) mass is 302 g/mol. The molecule has 0 spiro atoms. The van der Waals surface area contributed by atoms with Gasteiger partial charge in [0.2, 0.25) is 10.0 Å². The average molecular weight is 302 g/mol. The highest BCUT2D eigenvalue weighted by Crippen LogP contribution is 2.19. The summed E-state index contributed by atoms with van der Waals surface area (Å²) in [6.45, 7) is 7.87. The minimum atomic E-state index is -3.47. The summed E-state index contributed by atoms with van der Waals surface area (Å²) in [6.07, 6.45) is 1.36. The van der Waals surface area contributed by atoms with Gasteiger partial charge < -0.3 is 5.11 Å². The maximum Gasteiger partial charge on any atom is 0.246 e. The Balaban J connectivity index is 2.02. The molecule has 1 saturated heterocycles. The van der Waals surface area contributed by atoms with Gasteiger partial charge in [-0.05, 0) is 20.8 Å². The summed E-state index contributed by atoms with van der Waals surface area (Å²) in [6, 6.07) is 0. The van der Waals surface area contributed by atoms with Crippen molar-refractivity contribution in [3.8, 4) is 0 Å². The number of piperazine rings is 1. The first kappa shape index (κ1) is 15.4. The fraction of sp³-hybridized carbons (Fsp3) is 0.750. The number of nitrogens with zero attached hydrogens (tertiary/aromatic N) is 3. The lowest BCUT2D eigenvalue weighted by molar-refractivity contribution is 0.0263. The minimum Gasteiger partial charge on any atom is -0.389 e. The Morgan fingerprint density at radius 1 is 1.35 bits per heavy atom. The Morgan fingerprint density at radius 3 is 2.40 bits per heavy atom. The second-order valence-corrected chi connectivity index (χ2v) is 7.76. The van der Waals surface area contributed by atoms with Gasteiger partial charge in [0.15, 0.2) is 0 Å². The molecule has 1 aromatic rings. The predicted molar refractivity (Wildman–Crippen MR) is 74.8 cm³/mol. The van der Waals surface area contributed by atoms with Crippen LogP contribution in [0.25, 0.3) is 0 Å². The molecule has 0 radical (unpaired) electrons. The summed E-state index contributed by atoms with van der Waals surface area (Å²) in [7, 11) is -3.47. The number of aryl methyl sites for hydroxylation is 1. The smallest absolute Gasteiger partial charge is 0.246 e. The Kier molecular flexibility index (Phi) is 4.19. The third kappa shape index (κ3) is 3.38. The number of aliphatic hydroxyl groups is 1. The molecule has 114 valence electrons. The molecule has 1 aliphatic rings. The van der Waals surface area contributed by atoms with Crippen LogP contribution in [0.3, 0.4) is 0 Å². The first-order valence-electron chi connectivity index (χ1n) is 6.65. The van der Waals surface area contributed by atoms with E-state index in [1.165, 1.54) is 10.5 Å². The van der Waals surface area contributed by atoms with E-state index in [0.29, 0.717) is 38.4 Å². The number of sulfonamides is 1. The standard InChI is InChI=1S/C12H22N4O3S/c1-10-11(8-13-14-10)20(18,19)16-6-4-15(5-7-16)9-12(2,3)17/h8,17H,4-7,9H2,1-3H3,(H,13,14). The van der Waals surface area contributed by atoms with Crippen molar-refractivity contribution in [1.82, 2.24) is 19.4 Å². The van der Waals surface area contributed by atoms with Crippen molar-refractivity contribution < 1.29 is 13.5 Å². The van der Waals surface area contributed by atoms with Crippen LogP contribution in [0.5, 0.6) is 0 Å². The number of nitrogens with one attached hydrogen (secondary N) is 1. The van der Waals surface area contributed by atoms with Crippen LogP contribution in [0, 0.1) is 6.92 Å². The number of aromatic amines is 1. The highest BCUT2D eigenvalue weighted by atomic mass is 32.2. The van der Waals surface area contributed by atoms with Crippen LogP contribution in [0.1, 0.15) is 19.5 Å². The molecule has 2 rings (SSSR count). The number of rotatable bonds is 4. The van der Waals surface area contributed by atoms with Gasteiger partial charge in [-0.25, -0.2) is 8.42 Å². The Morgan fingerprint density at radius 2 is 1.95 bits per heavy atom. The molecule has 0 atom stereocenters. The minimum absolute atomic E-state index is 0.244. The molecule has 0 unspecified atom stereocenters. The van der Waals surface area contributed by atoms with Gasteiger partial charge in [0.25, 0.3) is 0 Å². The maximum absolute atomic E-state index is 12.5. The van der Waals surface area contributed by atoms with Crippen LogP contribution in [-0.4, -0.2) is 71.3 Å². The molecule has 2 N–H and O–H groups in total. The van der Waals surface area contributed by atoms with E-state index in [1.807, 2.05) is 0 Å². The molecular formula is C12H22N4O3S. The van der Waals surface area contributed by atoms with E-state index in [1.54, 1.807) is 20.8 Å². The number of hydrogen-bond donors (Lipinski definition) is 2. The number of β-amino-alcohol motifs (C(OH)–C–C–N with tert-alkyl or cyclic N) is 1. The van der Waals surface area contributed by atoms with Crippen LogP contribution in [0.15, 0.2) is 11.1 Å². The highest BCUT2D eigenvalue weighted by molar-refractivity contribution is 7.89. The predicted octanol–water partition coefficient (Wildman–Crippen LogP) is -0.205. The molecule has 1 fully saturated rings. The first-order chi connectivity index (χ1) is 9.20. The third-order valence-electron chi connectivity index (χ3n) is 3.34. The van der Waals surface area contributed by atoms with Crippen LogP contribution in [0.4, 0.5) is 0 Å². The van der Waals surface area contributed by atoms with Gasteiger partial charge in [-0.3, -0.25) is 10.00 Å². The Bertz CT molecular complexity index is 554. The van der Waals surface area contributed by atoms with Crippen LogP contribution >= 0.6 is 0 Å². The maximum atomic E-state index is 12.5. The Hall–Kier alpha value is -0.960. The SMILES string of the molecule is Cc1[nH]ncc1S(=O)(=O)N1CCN(CC(C)(C)O)CC1. The van der Waals surface area contributed by atoms with Gasteiger partial charge in [0.05, 0.1) is 17.5 Å². The molecule has 0 aliphatic carbocycles. The van der Waals surface area contributed by atoms with Crippen LogP contribution < -0.4 is 0 Å². The molecule has 0 aromatic carbocycles. The molecule has 0 bridgehead atoms. The van der Waals surface area contributed by atoms with Crippen LogP contribution in [-0.2, 0) is 10.0 Å². The van der Waals surface area contributed by atoms with Crippen molar-refractivity contribution in [2.45, 2.75) is 31.3 Å². The van der Waals surface area contributed by atoms with Crippen molar-refractivity contribution >= 4 is 10.0 Å². The van der Waals surface area contributed by atoms with Gasteiger partial charge in [0, 0.05) is 32.7 Å². The lowest BCUT2D eigenvalue weighted by Gasteiger charge is -2.36. The fourth-order valence-corrected chi connectivity index (χ4v) is 3.95. The van der Waals surface area contributed by atoms with Gasteiger partial charge in [-0.15, -0.1) is 0 Å². The third-order valence-corrected chi connectivity index (χ3v) is 5.36. The van der Waals surface area contributed by atoms with E-state index in [0.717, 1.165) is 0 Å². The molecule has 8 heteroatoms. The van der Waals surface area contributed by atoms with Crippen molar-refractivity contribution in [3.05, 3.63) is 11.9 Å². The number of hydrogen-bond acceptors (Lipinski definition) is 5. The van der Waals surface area contributed by atoms with E-state index in [2.05, 4.69) is 15.1 Å². The summed E-state index contributed by atoms with van der Waals surface area (Å²) in [5.41, 5.74) is -0.203. The number of H-pyrrole nitrogens is 1. The summed E-state index contributed by atoms with van der Waals surface area (Å²) >= 11 is 0. The molecular weight excluding hydrogens is 280 g/mol. The topological polar surface area (TPSA) is 89.5 Å². The molecule has 0 saturated carbocycles. The van der Waals surface area contributed by atoms with Crippen molar-refractivity contribution in [1.29, 1.82) is 0 Å². The lowest BCUT2D eigenvalue weighted by Crippen LogP contribution is -2.51. The summed E-state index contributed by atoms with van der Waals surface area (Å²) < 4.78 is 26.4. The van der Waals surface area contributed by atoms with E-state index in [-0.39, 0.29) is 4.90 Å². The Labute approximate surface area is 119 Å². The largest absolute Gasteiger partial charge is 0.389 e. The zero-order chi connectivity index (χ0) is 15.0. The molecule has 7 nitrogen and oxygen atoms in total. The van der Waals surface area contributed by atoms with E-state index < -0.39 is 15.6 Å². The average Bonchev–Trinajstić information content (AvgIpc) is 2.74. The normalized spacial score (nSPS) is 19.4. The van der Waals surface area contributed by atoms with Crippen LogP contribution in [0.2, 0.25) is 0 Å². The summed E-state index contributed by atoms with van der Waals surface area (Å²) in [5.74, 6) is 0. The molecule has 2 heterocycles. The summed E-state index contributed by atoms with van der Waals surface area (Å²) in [5, 5.41) is 16.2. The summed E-state index contributed by atoms with van der Waals surface area (Å²) in [4.78, 5) is 2.32. The number of aromatic nitrogens is 2. The first-order valence-corrected chi connectivity index (χ1v) is 8.09. The molecule has 20 heavy (non-hydrogen) atoms. The fourth-order valence-electron chi connectivity index (χ4n) is 2.41. The lowest BCUT2D eigenvalue weighted by atomic mass is 10.1. The van der Waals surface area contributed by atoms with Gasteiger partial charge in [-0.2, -0.15) is 9.40 Å². The zero-order valence-corrected chi connectivity index (χ0v) is 12.9. The van der Waals surface area contributed by atoms with Crippen molar-refractivity contribution in [2.75, 3.05) is 32.7 Å². The second-order valence-electron chi connectivity index (χ2n) is 5.85. The molecule has 1 aromatic heterocycles. The quantitative estimate of drug-likeness (QED) is 0.803. The zero-order valence-electron chi connectivity index (χ0n) is 12.1. The van der Waals surface area contributed by atoms with Crippen molar-refractivity contribution in [3.63, 3.8) is 0 Å². The second kappa shape index (κ2) is 5.44. The van der Waals surface area contributed by atoms with E-state index in [9.17, 15) is 13.5 Å². The van der Waals surface area contributed by atoms with Gasteiger partial charge in [-0.1, -0.05) is 0 Å². The molecule has 0 amide bonds. The highest BCUT2D eigenvalue weighted by Gasteiger charge is 2.31. The van der Waals surface area contributed by atoms with E-state index >= 15 is 0 Å². The van der Waals surface area contributed by atoms with E-state index in [4.69, 9.17) is 0 Å². The van der Waals surface area contributed by atoms with Gasteiger partial charge >= 0.3 is 0 Å². The van der Waals surface area contributed by atoms with Gasteiger partial charge in [0.1, 0.15) is 4.90 Å². The molecule has 1 aliphatic heterocycles.